The zero-order valence-corrected chi connectivity index (χ0v) is 53.2. The van der Waals surface area contributed by atoms with Gasteiger partial charge in [-0.05, 0) is 92.7 Å². The molecule has 0 unspecified atom stereocenters. The standard InChI is InChI=1S/C62H84N12O16S.ClH/c1-33-30-74-52(53(33)81)58(86)64-29-41(76)27-43(65-54(82)37-10-12-38(13-11-37)59-69-70-60(91-59)39-14-16-40(17-15-39)71-21-23-72(24-22-71)90-32-35-7-5-4-6-8-35)55(83)66-49(34(2)75)61(87)73-31-42(77)28-44(73)56(84)67-50(57(85)68-51(62(74)88)46(79)19-20-63)47(80)25-36-9-18-45(78)48(26-36)89-3;/h9-18,26,33-35,41-44,46-47,49-53,75-81H,4-8,19-25,27-32,63H2,1-3H3,(H,64,86)(H,65,82)(H,66,83)(H,67,84)(H,68,85);1H/t33-,34+,41+,42+,43-,44-,46+,47+,49-,50-,51-,52-,53-;/m0./s1. The summed E-state index contributed by atoms with van der Waals surface area (Å²) in [4.78, 5) is 112. The summed E-state index contributed by atoms with van der Waals surface area (Å²) in [6.45, 7) is 5.11. The molecule has 4 aromatic rings. The molecule has 4 aliphatic heterocycles. The Morgan fingerprint density at radius 1 is 0.750 bits per heavy atom. The summed E-state index contributed by atoms with van der Waals surface area (Å²) in [5.41, 5.74) is 8.70. The molecule has 0 bridgehead atoms. The number of aromatic nitrogens is 2. The van der Waals surface area contributed by atoms with Crippen molar-refractivity contribution in [1.82, 2.24) is 51.6 Å². The maximum absolute atomic E-state index is 14.7. The molecule has 3 aromatic carbocycles. The molecule has 7 amide bonds. The number of nitrogens with one attached hydrogen (secondary N) is 5. The Labute approximate surface area is 542 Å². The number of anilines is 1. The average Bonchev–Trinajstić information content (AvgIpc) is 1.68. The average molecular weight is 1320 g/mol. The van der Waals surface area contributed by atoms with Gasteiger partial charge >= 0.3 is 0 Å². The van der Waals surface area contributed by atoms with Crippen LogP contribution in [-0.4, -0.2) is 241 Å². The number of β-amino-alcohol motifs (C(OH)–C–C–N with tert-alkyl or cyclic N) is 1. The van der Waals surface area contributed by atoms with Crippen LogP contribution >= 0.6 is 23.7 Å². The summed E-state index contributed by atoms with van der Waals surface area (Å²) >= 11 is 1.34. The first-order chi connectivity index (χ1) is 43.6. The lowest BCUT2D eigenvalue weighted by Gasteiger charge is -2.36. The van der Waals surface area contributed by atoms with E-state index in [1.807, 2.05) is 12.1 Å². The van der Waals surface area contributed by atoms with Crippen LogP contribution in [0.1, 0.15) is 81.1 Å². The van der Waals surface area contributed by atoms with Gasteiger partial charge in [0.05, 0.1) is 50.3 Å². The number of nitrogens with zero attached hydrogens (tertiary/aromatic N) is 6. The zero-order valence-electron chi connectivity index (χ0n) is 51.5. The number of ether oxygens (including phenoxy) is 1. The minimum absolute atomic E-state index is 0. The highest BCUT2D eigenvalue weighted by Gasteiger charge is 2.50. The van der Waals surface area contributed by atoms with E-state index in [0.717, 1.165) is 60.8 Å². The molecule has 1 aromatic heterocycles. The van der Waals surface area contributed by atoms with Crippen LogP contribution in [0.2, 0.25) is 0 Å². The van der Waals surface area contributed by atoms with Gasteiger partial charge < -0.3 is 87.5 Å². The normalized spacial score (nSPS) is 27.0. The third-order valence-electron chi connectivity index (χ3n) is 17.7. The number of piperazine rings is 1. The number of amides is 7. The second-order valence-corrected chi connectivity index (χ2v) is 25.3. The van der Waals surface area contributed by atoms with E-state index >= 15 is 0 Å². The van der Waals surface area contributed by atoms with Crippen LogP contribution in [0.3, 0.4) is 0 Å². The Bertz CT molecular complexity index is 3190. The summed E-state index contributed by atoms with van der Waals surface area (Å²) in [6, 6.07) is 7.48. The van der Waals surface area contributed by atoms with Crippen molar-refractivity contribution in [3.63, 3.8) is 0 Å². The second kappa shape index (κ2) is 32.1. The van der Waals surface area contributed by atoms with E-state index in [-0.39, 0.29) is 54.5 Å². The Morgan fingerprint density at radius 3 is 2.02 bits per heavy atom. The Balaban J connectivity index is 0.0000109. The van der Waals surface area contributed by atoms with Gasteiger partial charge in [-0.1, -0.05) is 55.7 Å². The van der Waals surface area contributed by atoms with Crippen LogP contribution < -0.4 is 42.0 Å². The fourth-order valence-electron chi connectivity index (χ4n) is 12.4. The van der Waals surface area contributed by atoms with Gasteiger partial charge in [-0.2, -0.15) is 5.06 Å². The fraction of sp³-hybridized carbons (Fsp3) is 0.565. The van der Waals surface area contributed by atoms with Crippen LogP contribution in [-0.2, 0) is 40.0 Å². The molecule has 502 valence electrons. The lowest BCUT2D eigenvalue weighted by molar-refractivity contribution is -0.173. The number of phenols is 1. The smallest absolute Gasteiger partial charge is 0.251 e. The summed E-state index contributed by atoms with van der Waals surface area (Å²) in [5, 5.41) is 103. The number of benzene rings is 3. The third kappa shape index (κ3) is 17.2. The van der Waals surface area contributed by atoms with Crippen LogP contribution in [0.5, 0.6) is 11.5 Å². The Morgan fingerprint density at radius 2 is 1.38 bits per heavy atom. The van der Waals surface area contributed by atoms with Crippen molar-refractivity contribution >= 4 is 70.8 Å². The number of carbonyl (C=O) groups excluding carboxylic acids is 7. The number of aromatic hydroxyl groups is 1. The minimum Gasteiger partial charge on any atom is -0.504 e. The molecule has 14 N–H and O–H groups in total. The van der Waals surface area contributed by atoms with Crippen LogP contribution in [0.4, 0.5) is 5.69 Å². The number of halogens is 1. The molecule has 4 saturated heterocycles. The van der Waals surface area contributed by atoms with Crippen molar-refractivity contribution in [3.05, 3.63) is 77.9 Å². The van der Waals surface area contributed by atoms with Gasteiger partial charge in [-0.3, -0.25) is 38.4 Å². The Hall–Kier alpha value is -7.16. The van der Waals surface area contributed by atoms with E-state index in [1.54, 1.807) is 19.1 Å². The summed E-state index contributed by atoms with van der Waals surface area (Å²) in [7, 11) is 1.28. The van der Waals surface area contributed by atoms with Crippen molar-refractivity contribution in [2.24, 2.45) is 17.6 Å². The summed E-state index contributed by atoms with van der Waals surface area (Å²) < 4.78 is 5.20. The topological polar surface area (TPSA) is 404 Å². The SMILES string of the molecule is COc1cc(C[C@@H](O)[C@@H]2NC(=O)[C@@H]3C[C@@H](O)CN3C(=O)[C@H]([C@@H](C)O)NC(=O)[C@@H](NC(=O)c3ccc(-c4nnc(-c5ccc(N6CCN(OCC7CCCCC7)CC6)cc5)s4)cc3)C[C@@H](O)CNC(=O)[C@@H]3[C@@H](O)[C@@H](C)CN3C(=O)[C@H]([C@H](O)CCN)NC2=O)ccc1O.Cl. The summed E-state index contributed by atoms with van der Waals surface area (Å²) in [6.07, 6.45) is -5.37. The number of phenolic OH excluding ortho intramolecular Hbond substituents is 1. The predicted molar refractivity (Wildman–Crippen MR) is 338 cm³/mol. The number of fused-ring (bicyclic) bond motifs is 2. The molecule has 92 heavy (non-hydrogen) atoms. The van der Waals surface area contributed by atoms with E-state index in [2.05, 4.69) is 58.9 Å². The molecule has 0 spiro atoms. The number of aliphatic hydroxyl groups excluding tert-OH is 6. The lowest BCUT2D eigenvalue weighted by Crippen LogP contribution is -2.64. The van der Waals surface area contributed by atoms with Gasteiger partial charge in [-0.25, -0.2) is 0 Å². The fourth-order valence-corrected chi connectivity index (χ4v) is 13.2. The van der Waals surface area contributed by atoms with E-state index in [4.69, 9.17) is 15.3 Å². The predicted octanol–water partition coefficient (Wildman–Crippen LogP) is -1.06. The number of nitrogens with two attached hydrogens (primary N) is 1. The molecule has 0 radical (unpaired) electrons. The molecule has 1 aliphatic carbocycles. The highest BCUT2D eigenvalue weighted by Crippen LogP contribution is 2.33. The van der Waals surface area contributed by atoms with Crippen molar-refractivity contribution in [1.29, 1.82) is 0 Å². The maximum atomic E-state index is 14.7. The Kier molecular flexibility index (Phi) is 24.7. The quantitative estimate of drug-likeness (QED) is 0.0636. The van der Waals surface area contributed by atoms with Crippen molar-refractivity contribution in [2.45, 2.75) is 145 Å². The van der Waals surface area contributed by atoms with E-state index in [0.29, 0.717) is 21.5 Å². The number of methoxy groups -OCH3 is 1. The van der Waals surface area contributed by atoms with Gasteiger partial charge in [0.1, 0.15) is 46.3 Å². The van der Waals surface area contributed by atoms with E-state index in [1.165, 1.54) is 80.9 Å². The monoisotopic (exact) mass is 1320 g/mol. The van der Waals surface area contributed by atoms with Gasteiger partial charge in [-0.15, -0.1) is 22.6 Å². The molecule has 9 rings (SSSR count). The van der Waals surface area contributed by atoms with Crippen LogP contribution in [0.15, 0.2) is 66.7 Å². The number of aliphatic hydroxyl groups is 6. The van der Waals surface area contributed by atoms with Gasteiger partial charge in [0.2, 0.25) is 35.4 Å². The third-order valence-corrected chi connectivity index (χ3v) is 18.7. The van der Waals surface area contributed by atoms with Crippen molar-refractivity contribution < 1.29 is 78.9 Å². The number of hydroxylamine groups is 2. The second-order valence-electron chi connectivity index (χ2n) is 24.3. The molecule has 5 heterocycles. The molecule has 5 aliphatic rings. The molecule has 28 nitrogen and oxygen atoms in total. The molecular formula is C62H85ClN12O16S. The minimum atomic E-state index is -2.02. The lowest BCUT2D eigenvalue weighted by atomic mass is 9.90. The summed E-state index contributed by atoms with van der Waals surface area (Å²) in [5.74, 6) is -7.88. The number of hydrogen-bond donors (Lipinski definition) is 13. The highest BCUT2D eigenvalue weighted by atomic mass is 35.5. The maximum Gasteiger partial charge on any atom is 0.251 e. The molecule has 13 atom stereocenters. The van der Waals surface area contributed by atoms with Crippen molar-refractivity contribution in [3.8, 4) is 32.6 Å². The number of rotatable bonds is 16. The zero-order chi connectivity index (χ0) is 65.2. The van der Waals surface area contributed by atoms with Crippen molar-refractivity contribution in [2.75, 3.05) is 71.0 Å². The first-order valence-corrected chi connectivity index (χ1v) is 31.8. The van der Waals surface area contributed by atoms with Gasteiger partial charge in [0.25, 0.3) is 5.91 Å². The first kappa shape index (κ1) is 70.7. The molecule has 30 heteroatoms. The van der Waals surface area contributed by atoms with Crippen LogP contribution in [0.25, 0.3) is 21.1 Å². The first-order valence-electron chi connectivity index (χ1n) is 31.0. The van der Waals surface area contributed by atoms with E-state index in [9.17, 15) is 69.3 Å². The number of carbonyl (C=O) groups is 7. The molecule has 5 fully saturated rings. The van der Waals surface area contributed by atoms with E-state index < -0.39 is 152 Å². The highest BCUT2D eigenvalue weighted by molar-refractivity contribution is 7.17. The molecule has 1 saturated carbocycles. The number of hydrogen-bond acceptors (Lipinski definition) is 22. The molecular weight excluding hydrogens is 1240 g/mol. The van der Waals surface area contributed by atoms with Gasteiger partial charge in [0.15, 0.2) is 11.5 Å². The van der Waals surface area contributed by atoms with Gasteiger partial charge in [0, 0.05) is 93.4 Å². The van der Waals surface area contributed by atoms with Crippen LogP contribution in [0, 0.1) is 11.8 Å². The largest absolute Gasteiger partial charge is 0.504 e.